The van der Waals surface area contributed by atoms with Crippen LogP contribution in [0.15, 0.2) is 30.3 Å². The molecule has 30 heavy (non-hydrogen) atoms. The van der Waals surface area contributed by atoms with Gasteiger partial charge in [0.15, 0.2) is 0 Å². The van der Waals surface area contributed by atoms with Crippen LogP contribution in [0.2, 0.25) is 19.6 Å². The van der Waals surface area contributed by atoms with E-state index in [4.69, 9.17) is 9.16 Å². The van der Waals surface area contributed by atoms with Crippen LogP contribution in [0.5, 0.6) is 17.2 Å². The number of aryl methyl sites for hydroxylation is 1. The van der Waals surface area contributed by atoms with E-state index >= 15 is 0 Å². The van der Waals surface area contributed by atoms with E-state index in [9.17, 15) is 21.6 Å². The standard InChI is InChI=1S/C20H23F3O5SSi/c1-12-7-8-15-14(9-12)18-16(26-19(15,2)3)10-13(11-17(18)28-30(4,5)6)27-29(24,25)20(21,22)23/h7-11H,1-6H3/i2+1,3+1. The molecule has 0 spiro atoms. The lowest BCUT2D eigenvalue weighted by molar-refractivity contribution is -0.0500. The number of benzene rings is 2. The van der Waals surface area contributed by atoms with Gasteiger partial charge < -0.3 is 13.3 Å². The number of halogens is 3. The first-order chi connectivity index (χ1) is 13.5. The van der Waals surface area contributed by atoms with Gasteiger partial charge in [0.05, 0.1) is 5.56 Å². The molecular weight excluding hydrogens is 439 g/mol. The van der Waals surface area contributed by atoms with E-state index in [-0.39, 0.29) is 11.5 Å². The maximum absolute atomic E-state index is 12.8. The van der Waals surface area contributed by atoms with Crippen molar-refractivity contribution in [2.24, 2.45) is 0 Å². The molecule has 0 aliphatic carbocycles. The van der Waals surface area contributed by atoms with Gasteiger partial charge in [-0.15, -0.1) is 0 Å². The highest BCUT2D eigenvalue weighted by atomic mass is 32.2. The average molecular weight is 463 g/mol. The van der Waals surface area contributed by atoms with Gasteiger partial charge in [0, 0.05) is 17.7 Å². The van der Waals surface area contributed by atoms with Crippen LogP contribution in [-0.2, 0) is 15.7 Å². The zero-order valence-corrected chi connectivity index (χ0v) is 19.3. The first-order valence-electron chi connectivity index (χ1n) is 9.18. The molecule has 1 aliphatic heterocycles. The summed E-state index contributed by atoms with van der Waals surface area (Å²) < 4.78 is 78.1. The highest BCUT2D eigenvalue weighted by molar-refractivity contribution is 7.88. The summed E-state index contributed by atoms with van der Waals surface area (Å²) >= 11 is 0. The lowest BCUT2D eigenvalue weighted by atomic mass is 9.89. The molecule has 164 valence electrons. The molecule has 3 rings (SSSR count). The summed E-state index contributed by atoms with van der Waals surface area (Å²) in [4.78, 5) is 0. The number of hydrogen-bond donors (Lipinski definition) is 0. The van der Waals surface area contributed by atoms with Gasteiger partial charge in [-0.25, -0.2) is 0 Å². The quantitative estimate of drug-likeness (QED) is 0.251. The first-order valence-corrected chi connectivity index (χ1v) is 14.0. The fourth-order valence-corrected chi connectivity index (χ4v) is 4.53. The van der Waals surface area contributed by atoms with Crippen molar-refractivity contribution in [3.05, 3.63) is 41.5 Å². The Bertz CT molecular complexity index is 1100. The van der Waals surface area contributed by atoms with Crippen LogP contribution >= 0.6 is 0 Å². The fraction of sp³-hybridized carbons (Fsp3) is 0.400. The lowest BCUT2D eigenvalue weighted by Crippen LogP contribution is -2.32. The highest BCUT2D eigenvalue weighted by Gasteiger charge is 2.49. The number of ether oxygens (including phenoxy) is 1. The molecule has 0 N–H and O–H groups in total. The summed E-state index contributed by atoms with van der Waals surface area (Å²) in [6.07, 6.45) is 0. The van der Waals surface area contributed by atoms with Gasteiger partial charge in [0.2, 0.25) is 8.32 Å². The predicted octanol–water partition coefficient (Wildman–Crippen LogP) is 5.73. The number of fused-ring (bicyclic) bond motifs is 3. The normalized spacial score (nSPS) is 15.6. The average Bonchev–Trinajstić information content (AvgIpc) is 2.50. The molecule has 0 amide bonds. The highest BCUT2D eigenvalue weighted by Crippen LogP contribution is 2.52. The molecule has 2 aromatic rings. The molecule has 0 bridgehead atoms. The maximum Gasteiger partial charge on any atom is 0.534 e. The fourth-order valence-electron chi connectivity index (χ4n) is 3.26. The molecule has 0 saturated carbocycles. The van der Waals surface area contributed by atoms with Gasteiger partial charge in [-0.3, -0.25) is 0 Å². The molecule has 10 heteroatoms. The zero-order valence-electron chi connectivity index (χ0n) is 17.5. The number of hydrogen-bond acceptors (Lipinski definition) is 5. The first kappa shape index (κ1) is 22.5. The minimum atomic E-state index is -5.83. The van der Waals surface area contributed by atoms with Gasteiger partial charge in [-0.1, -0.05) is 23.8 Å². The van der Waals surface area contributed by atoms with Crippen LogP contribution in [0.25, 0.3) is 11.1 Å². The Morgan fingerprint density at radius 3 is 2.27 bits per heavy atom. The SMILES string of the molecule is Cc1ccc2c(c1)-c1c(cc(OS(=O)(=O)C(F)(F)F)cc1O[Si](C)(C)C)OC2([13CH3])[13CH3]. The van der Waals surface area contributed by atoms with E-state index in [1.165, 1.54) is 6.07 Å². The van der Waals surface area contributed by atoms with Gasteiger partial charge in [0.1, 0.15) is 22.8 Å². The Morgan fingerprint density at radius 2 is 1.70 bits per heavy atom. The monoisotopic (exact) mass is 462 g/mol. The third kappa shape index (κ3) is 4.29. The van der Waals surface area contributed by atoms with Gasteiger partial charge in [0.25, 0.3) is 0 Å². The molecule has 0 unspecified atom stereocenters. The predicted molar refractivity (Wildman–Crippen MR) is 110 cm³/mol. The molecule has 0 saturated heterocycles. The minimum Gasteiger partial charge on any atom is -0.544 e. The second kappa shape index (κ2) is 6.91. The van der Waals surface area contributed by atoms with Crippen molar-refractivity contribution in [2.75, 3.05) is 0 Å². The van der Waals surface area contributed by atoms with Crippen LogP contribution in [-0.4, -0.2) is 22.2 Å². The molecule has 0 fully saturated rings. The van der Waals surface area contributed by atoms with E-state index in [1.54, 1.807) is 0 Å². The van der Waals surface area contributed by atoms with Gasteiger partial charge in [-0.2, -0.15) is 21.6 Å². The Morgan fingerprint density at radius 1 is 1.07 bits per heavy atom. The zero-order chi connectivity index (χ0) is 22.7. The second-order valence-electron chi connectivity index (χ2n) is 8.65. The van der Waals surface area contributed by atoms with E-state index in [1.807, 2.05) is 58.6 Å². The maximum atomic E-state index is 12.8. The Hall–Kier alpha value is -2.20. The van der Waals surface area contributed by atoms with Crippen molar-refractivity contribution in [1.29, 1.82) is 0 Å². The van der Waals surface area contributed by atoms with Crippen LogP contribution < -0.4 is 13.3 Å². The van der Waals surface area contributed by atoms with Crippen molar-refractivity contribution in [3.63, 3.8) is 0 Å². The van der Waals surface area contributed by atoms with Crippen molar-refractivity contribution in [3.8, 4) is 28.4 Å². The smallest absolute Gasteiger partial charge is 0.534 e. The van der Waals surface area contributed by atoms with Crippen molar-refractivity contribution in [2.45, 2.75) is 51.5 Å². The van der Waals surface area contributed by atoms with Crippen LogP contribution in [0.4, 0.5) is 13.2 Å². The summed E-state index contributed by atoms with van der Waals surface area (Å²) in [6.45, 7) is 11.3. The Kier molecular flexibility index (Phi) is 5.18. The topological polar surface area (TPSA) is 61.8 Å². The van der Waals surface area contributed by atoms with E-state index in [0.29, 0.717) is 5.56 Å². The van der Waals surface area contributed by atoms with Crippen LogP contribution in [0.3, 0.4) is 0 Å². The van der Waals surface area contributed by atoms with Crippen LogP contribution in [0.1, 0.15) is 25.0 Å². The molecule has 0 atom stereocenters. The molecule has 0 aromatic heterocycles. The van der Waals surface area contributed by atoms with Crippen LogP contribution in [0, 0.1) is 6.92 Å². The number of rotatable bonds is 4. The summed E-state index contributed by atoms with van der Waals surface area (Å²) in [7, 11) is -8.06. The van der Waals surface area contributed by atoms with Gasteiger partial charge in [-0.05, 0) is 46.0 Å². The van der Waals surface area contributed by atoms with Gasteiger partial charge >= 0.3 is 15.6 Å². The summed E-state index contributed by atoms with van der Waals surface area (Å²) in [5.41, 5.74) is -3.10. The summed E-state index contributed by atoms with van der Waals surface area (Å²) in [5.74, 6) is -0.103. The lowest BCUT2D eigenvalue weighted by Gasteiger charge is -2.36. The summed E-state index contributed by atoms with van der Waals surface area (Å²) in [5, 5.41) is 0. The van der Waals surface area contributed by atoms with E-state index in [2.05, 4.69) is 4.18 Å². The molecule has 1 heterocycles. The molecule has 2 aromatic carbocycles. The Labute approximate surface area is 175 Å². The largest absolute Gasteiger partial charge is 0.544 e. The van der Waals surface area contributed by atoms with E-state index in [0.717, 1.165) is 22.8 Å². The van der Waals surface area contributed by atoms with Crippen molar-refractivity contribution in [1.82, 2.24) is 0 Å². The molecule has 0 radical (unpaired) electrons. The molecule has 1 aliphatic rings. The van der Waals surface area contributed by atoms with E-state index < -0.39 is 35.3 Å². The van der Waals surface area contributed by atoms with Crippen molar-refractivity contribution >= 4 is 18.4 Å². The number of alkyl halides is 3. The minimum absolute atomic E-state index is 0.196. The summed E-state index contributed by atoms with van der Waals surface area (Å²) in [6, 6.07) is 8.16. The second-order valence-corrected chi connectivity index (χ2v) is 14.6. The third-order valence-corrected chi connectivity index (χ3v) is 6.21. The molecule has 5 nitrogen and oxygen atoms in total. The molecular formula is C20H23F3O5SSi. The van der Waals surface area contributed by atoms with Crippen molar-refractivity contribution < 1.29 is 34.9 Å². The third-order valence-electron chi connectivity index (χ3n) is 4.40. The Balaban J connectivity index is 2.26.